The quantitative estimate of drug-likeness (QED) is 0.436. The molecule has 0 radical (unpaired) electrons. The third-order valence-corrected chi connectivity index (χ3v) is 8.45. The maximum absolute atomic E-state index is 12.8. The number of nitrogens with zero attached hydrogens (tertiary/aromatic N) is 4. The van der Waals surface area contributed by atoms with E-state index in [1.807, 2.05) is 6.92 Å². The van der Waals surface area contributed by atoms with Crippen LogP contribution in [0.4, 0.5) is 24.0 Å². The molecule has 3 rings (SSSR count). The number of alkyl halides is 3. The fraction of sp³-hybridized carbons (Fsp3) is 0.588. The van der Waals surface area contributed by atoms with E-state index in [9.17, 15) is 26.4 Å². The van der Waals surface area contributed by atoms with Crippen LogP contribution in [0.1, 0.15) is 11.8 Å². The predicted molar refractivity (Wildman–Crippen MR) is 121 cm³/mol. The molecule has 0 bridgehead atoms. The van der Waals surface area contributed by atoms with Gasteiger partial charge in [-0.25, -0.2) is 18.5 Å². The predicted octanol–water partition coefficient (Wildman–Crippen LogP) is 1.98. The van der Waals surface area contributed by atoms with Gasteiger partial charge in [0.1, 0.15) is 9.35 Å². The Hall–Kier alpha value is -1.75. The van der Waals surface area contributed by atoms with Crippen LogP contribution in [-0.4, -0.2) is 79.1 Å². The molecule has 0 saturated carbocycles. The zero-order chi connectivity index (χ0) is 24.2. The van der Waals surface area contributed by atoms with Gasteiger partial charge in [0.2, 0.25) is 10.0 Å². The second-order valence-corrected chi connectivity index (χ2v) is 11.1. The van der Waals surface area contributed by atoms with Gasteiger partial charge in [0.15, 0.2) is 5.13 Å². The fourth-order valence-corrected chi connectivity index (χ4v) is 5.49. The first-order chi connectivity index (χ1) is 15.5. The average molecular weight is 575 g/mol. The summed E-state index contributed by atoms with van der Waals surface area (Å²) in [6.07, 6.45) is -2.21. The fourth-order valence-electron chi connectivity index (χ4n) is 3.04. The maximum Gasteiger partial charge on any atom is 0.427 e. The van der Waals surface area contributed by atoms with Crippen molar-refractivity contribution >= 4 is 48.1 Å². The minimum absolute atomic E-state index is 0.0230. The molecule has 2 aromatic rings. The monoisotopic (exact) mass is 574 g/mol. The van der Waals surface area contributed by atoms with Crippen molar-refractivity contribution in [1.82, 2.24) is 19.5 Å². The molecule has 33 heavy (non-hydrogen) atoms. The average Bonchev–Trinajstić information content (AvgIpc) is 3.26. The number of H-pyrrole nitrogens is 1. The van der Waals surface area contributed by atoms with E-state index in [1.165, 1.54) is 10.5 Å². The van der Waals surface area contributed by atoms with E-state index in [4.69, 9.17) is 4.74 Å². The summed E-state index contributed by atoms with van der Waals surface area (Å²) in [6.45, 7) is 2.81. The SMILES string of the molecule is C[C@@H](COCCS(=O)(=O)N1CCN(c2ncc(C(F)(F)F)s2)CC1)Nc1cn[nH]c(=O)c1Br. The number of piperazine rings is 1. The highest BCUT2D eigenvalue weighted by atomic mass is 79.9. The Morgan fingerprint density at radius 3 is 2.64 bits per heavy atom. The Kier molecular flexibility index (Phi) is 8.36. The number of aromatic nitrogens is 3. The summed E-state index contributed by atoms with van der Waals surface area (Å²) >= 11 is 3.71. The van der Waals surface area contributed by atoms with E-state index in [0.717, 1.165) is 6.20 Å². The van der Waals surface area contributed by atoms with Crippen LogP contribution in [0.2, 0.25) is 0 Å². The van der Waals surface area contributed by atoms with E-state index >= 15 is 0 Å². The third-order valence-electron chi connectivity index (χ3n) is 4.73. The number of sulfonamides is 1. The van der Waals surface area contributed by atoms with Gasteiger partial charge >= 0.3 is 6.18 Å². The Balaban J connectivity index is 1.42. The summed E-state index contributed by atoms with van der Waals surface area (Å²) in [6, 6.07) is -0.212. The topological polar surface area (TPSA) is 121 Å². The lowest BCUT2D eigenvalue weighted by Crippen LogP contribution is -2.49. The first-order valence-corrected chi connectivity index (χ1v) is 13.0. The number of hydrogen-bond acceptors (Lipinski definition) is 9. The summed E-state index contributed by atoms with van der Waals surface area (Å²) < 4.78 is 70.5. The van der Waals surface area contributed by atoms with Crippen LogP contribution in [-0.2, 0) is 20.9 Å². The zero-order valence-electron chi connectivity index (χ0n) is 17.4. The van der Waals surface area contributed by atoms with Crippen molar-refractivity contribution in [2.24, 2.45) is 0 Å². The summed E-state index contributed by atoms with van der Waals surface area (Å²) in [5.41, 5.74) is 0.109. The minimum Gasteiger partial charge on any atom is -0.378 e. The van der Waals surface area contributed by atoms with Gasteiger partial charge < -0.3 is 15.0 Å². The van der Waals surface area contributed by atoms with Crippen LogP contribution in [0, 0.1) is 0 Å². The Bertz CT molecular complexity index is 1100. The Morgan fingerprint density at radius 1 is 1.30 bits per heavy atom. The van der Waals surface area contributed by atoms with Gasteiger partial charge in [-0.3, -0.25) is 4.79 Å². The van der Waals surface area contributed by atoms with Crippen molar-refractivity contribution in [3.8, 4) is 0 Å². The highest BCUT2D eigenvalue weighted by Gasteiger charge is 2.35. The van der Waals surface area contributed by atoms with Gasteiger partial charge in [0, 0.05) is 32.2 Å². The molecule has 1 saturated heterocycles. The molecule has 16 heteroatoms. The van der Waals surface area contributed by atoms with E-state index in [0.29, 0.717) is 21.5 Å². The number of hydrogen-bond donors (Lipinski definition) is 2. The Labute approximate surface area is 200 Å². The van der Waals surface area contributed by atoms with E-state index < -0.39 is 21.1 Å². The summed E-state index contributed by atoms with van der Waals surface area (Å²) in [5, 5.41) is 9.27. The molecule has 1 aliphatic heterocycles. The lowest BCUT2D eigenvalue weighted by atomic mass is 10.3. The highest BCUT2D eigenvalue weighted by Crippen LogP contribution is 2.36. The molecule has 184 valence electrons. The zero-order valence-corrected chi connectivity index (χ0v) is 20.7. The van der Waals surface area contributed by atoms with Crippen molar-refractivity contribution in [1.29, 1.82) is 0 Å². The number of thiazole rings is 1. The molecule has 0 spiro atoms. The Morgan fingerprint density at radius 2 is 2.00 bits per heavy atom. The van der Waals surface area contributed by atoms with Crippen molar-refractivity contribution in [2.75, 3.05) is 55.4 Å². The molecule has 1 aliphatic rings. The van der Waals surface area contributed by atoms with Gasteiger partial charge in [-0.15, -0.1) is 0 Å². The number of rotatable bonds is 9. The number of nitrogens with one attached hydrogen (secondary N) is 2. The lowest BCUT2D eigenvalue weighted by Gasteiger charge is -2.33. The summed E-state index contributed by atoms with van der Waals surface area (Å²) in [5.74, 6) is -0.217. The molecule has 1 atom stereocenters. The number of ether oxygens (including phenoxy) is 1. The van der Waals surface area contributed by atoms with Gasteiger partial charge in [-0.2, -0.15) is 22.6 Å². The minimum atomic E-state index is -4.44. The van der Waals surface area contributed by atoms with Crippen molar-refractivity contribution in [3.05, 3.63) is 32.1 Å². The molecule has 2 N–H and O–H groups in total. The molecule has 1 fully saturated rings. The number of aromatic amines is 1. The van der Waals surface area contributed by atoms with Crippen LogP contribution in [0.15, 0.2) is 21.7 Å². The number of halogens is 4. The molecule has 2 aromatic heterocycles. The number of anilines is 2. The van der Waals surface area contributed by atoms with Gasteiger partial charge in [0.05, 0.1) is 37.0 Å². The largest absolute Gasteiger partial charge is 0.427 e. The van der Waals surface area contributed by atoms with Crippen LogP contribution in [0.25, 0.3) is 0 Å². The molecular weight excluding hydrogens is 553 g/mol. The molecule has 0 amide bonds. The van der Waals surface area contributed by atoms with Crippen molar-refractivity contribution < 1.29 is 26.3 Å². The van der Waals surface area contributed by atoms with Crippen LogP contribution >= 0.6 is 27.3 Å². The molecule has 0 unspecified atom stereocenters. The van der Waals surface area contributed by atoms with Crippen LogP contribution in [0.3, 0.4) is 0 Å². The molecule has 3 heterocycles. The second kappa shape index (κ2) is 10.7. The molecule has 0 aromatic carbocycles. The van der Waals surface area contributed by atoms with Gasteiger partial charge in [-0.05, 0) is 22.9 Å². The molecular formula is C17H22BrF3N6O4S2. The summed E-state index contributed by atoms with van der Waals surface area (Å²) in [4.78, 5) is 16.2. The van der Waals surface area contributed by atoms with Gasteiger partial charge in [0.25, 0.3) is 5.56 Å². The molecule has 10 nitrogen and oxygen atoms in total. The second-order valence-electron chi connectivity index (χ2n) is 7.25. The van der Waals surface area contributed by atoms with Crippen molar-refractivity contribution in [2.45, 2.75) is 19.1 Å². The van der Waals surface area contributed by atoms with Crippen LogP contribution < -0.4 is 15.8 Å². The lowest BCUT2D eigenvalue weighted by molar-refractivity contribution is -0.134. The van der Waals surface area contributed by atoms with E-state index in [2.05, 4.69) is 36.4 Å². The van der Waals surface area contributed by atoms with E-state index in [1.54, 1.807) is 4.90 Å². The molecule has 0 aliphatic carbocycles. The first kappa shape index (κ1) is 25.9. The smallest absolute Gasteiger partial charge is 0.378 e. The maximum atomic E-state index is 12.8. The van der Waals surface area contributed by atoms with E-state index in [-0.39, 0.29) is 61.9 Å². The van der Waals surface area contributed by atoms with Crippen LogP contribution in [0.5, 0.6) is 0 Å². The first-order valence-electron chi connectivity index (χ1n) is 9.80. The third kappa shape index (κ3) is 6.88. The standard InChI is InChI=1S/C17H22BrF3N6O4S2/c1-11(24-12-8-23-25-15(28)14(12)18)10-31-6-7-33(29,30)27-4-2-26(3-5-27)16-22-9-13(32-16)17(19,20)21/h8-9,11H,2-7,10H2,1H3,(H2,24,25,28)/t11-/m0/s1. The van der Waals surface area contributed by atoms with Gasteiger partial charge in [-0.1, -0.05) is 11.3 Å². The highest BCUT2D eigenvalue weighted by molar-refractivity contribution is 9.10. The normalized spacial score (nSPS) is 16.7. The summed E-state index contributed by atoms with van der Waals surface area (Å²) in [7, 11) is -3.57. The van der Waals surface area contributed by atoms with Crippen molar-refractivity contribution in [3.63, 3.8) is 0 Å².